The highest BCUT2D eigenvalue weighted by molar-refractivity contribution is 7.92. The maximum atomic E-state index is 13.7. The molecule has 0 unspecified atom stereocenters. The average Bonchev–Trinajstić information content (AvgIpc) is 2.91. The van der Waals surface area contributed by atoms with Gasteiger partial charge in [-0.25, -0.2) is 13.2 Å². The van der Waals surface area contributed by atoms with Crippen LogP contribution >= 0.6 is 0 Å². The fourth-order valence-electron chi connectivity index (χ4n) is 3.43. The van der Waals surface area contributed by atoms with Crippen molar-refractivity contribution in [3.63, 3.8) is 0 Å². The Labute approximate surface area is 215 Å². The normalized spacial score (nSPS) is 10.8. The van der Waals surface area contributed by atoms with Crippen molar-refractivity contribution in [1.29, 1.82) is 0 Å². The molecule has 1 N–H and O–H groups in total. The number of esters is 1. The Morgan fingerprint density at radius 3 is 2.08 bits per heavy atom. The molecule has 37 heavy (non-hydrogen) atoms. The van der Waals surface area contributed by atoms with Crippen LogP contribution in [0.15, 0.2) is 71.6 Å². The molecule has 0 radical (unpaired) electrons. The van der Waals surface area contributed by atoms with Crippen molar-refractivity contribution in [2.45, 2.75) is 11.8 Å². The molecule has 0 aromatic heterocycles. The van der Waals surface area contributed by atoms with E-state index in [1.807, 2.05) is 6.92 Å². The second kappa shape index (κ2) is 12.1. The number of carbonyl (C=O) groups is 2. The summed E-state index contributed by atoms with van der Waals surface area (Å²) in [5.74, 6) is 0.0433. The van der Waals surface area contributed by atoms with E-state index in [4.69, 9.17) is 14.2 Å². The summed E-state index contributed by atoms with van der Waals surface area (Å²) in [4.78, 5) is 24.5. The summed E-state index contributed by atoms with van der Waals surface area (Å²) in [6.07, 6.45) is 0. The number of anilines is 2. The summed E-state index contributed by atoms with van der Waals surface area (Å²) in [6.45, 7) is 1.76. The lowest BCUT2D eigenvalue weighted by Gasteiger charge is -2.24. The Balaban J connectivity index is 1.94. The number of nitrogens with zero attached hydrogens (tertiary/aromatic N) is 1. The first-order valence-electron chi connectivity index (χ1n) is 11.2. The SMILES string of the molecule is CCOc1ccc(N(CC(=O)Nc2ccc(C(=O)OC)cc2)S(=O)(=O)c2ccc(OC)c(OC)c2)cc1. The fraction of sp³-hybridized carbons (Fsp3) is 0.231. The van der Waals surface area contributed by atoms with Gasteiger partial charge in [-0.1, -0.05) is 0 Å². The number of ether oxygens (including phenoxy) is 4. The maximum Gasteiger partial charge on any atom is 0.337 e. The molecular formula is C26H28N2O8S. The van der Waals surface area contributed by atoms with Gasteiger partial charge in [-0.3, -0.25) is 9.10 Å². The number of benzene rings is 3. The summed E-state index contributed by atoms with van der Waals surface area (Å²) in [6, 6.07) is 16.6. The van der Waals surface area contributed by atoms with E-state index >= 15 is 0 Å². The predicted molar refractivity (Wildman–Crippen MR) is 138 cm³/mol. The molecule has 0 saturated heterocycles. The molecule has 10 nitrogen and oxygen atoms in total. The van der Waals surface area contributed by atoms with Crippen LogP contribution in [0, 0.1) is 0 Å². The van der Waals surface area contributed by atoms with Gasteiger partial charge in [0.25, 0.3) is 10.0 Å². The van der Waals surface area contributed by atoms with Crippen LogP contribution in [-0.2, 0) is 19.6 Å². The van der Waals surface area contributed by atoms with Gasteiger partial charge in [0.15, 0.2) is 11.5 Å². The predicted octanol–water partition coefficient (Wildman–Crippen LogP) is 3.72. The van der Waals surface area contributed by atoms with Crippen LogP contribution in [0.25, 0.3) is 0 Å². The van der Waals surface area contributed by atoms with Gasteiger partial charge in [-0.2, -0.15) is 0 Å². The number of hydrogen-bond donors (Lipinski definition) is 1. The van der Waals surface area contributed by atoms with Gasteiger partial charge in [0.05, 0.1) is 44.1 Å². The van der Waals surface area contributed by atoms with E-state index < -0.39 is 28.4 Å². The van der Waals surface area contributed by atoms with Crippen molar-refractivity contribution in [2.24, 2.45) is 0 Å². The Kier molecular flexibility index (Phi) is 8.96. The van der Waals surface area contributed by atoms with Gasteiger partial charge in [-0.05, 0) is 67.6 Å². The van der Waals surface area contributed by atoms with Gasteiger partial charge in [-0.15, -0.1) is 0 Å². The summed E-state index contributed by atoms with van der Waals surface area (Å²) in [5.41, 5.74) is 0.954. The zero-order chi connectivity index (χ0) is 27.0. The molecule has 0 aliphatic heterocycles. The van der Waals surface area contributed by atoms with Crippen LogP contribution in [-0.4, -0.2) is 54.8 Å². The first-order valence-corrected chi connectivity index (χ1v) is 12.6. The lowest BCUT2D eigenvalue weighted by atomic mass is 10.2. The number of carbonyl (C=O) groups excluding carboxylic acids is 2. The molecule has 0 heterocycles. The molecule has 0 spiro atoms. The lowest BCUT2D eigenvalue weighted by Crippen LogP contribution is -2.38. The van der Waals surface area contributed by atoms with Gasteiger partial charge < -0.3 is 24.3 Å². The zero-order valence-corrected chi connectivity index (χ0v) is 21.7. The smallest absolute Gasteiger partial charge is 0.337 e. The van der Waals surface area contributed by atoms with Crippen molar-refractivity contribution >= 4 is 33.3 Å². The number of amides is 1. The minimum atomic E-state index is -4.21. The fourth-order valence-corrected chi connectivity index (χ4v) is 4.87. The Morgan fingerprint density at radius 2 is 1.51 bits per heavy atom. The van der Waals surface area contributed by atoms with Crippen LogP contribution in [0.4, 0.5) is 11.4 Å². The standard InChI is InChI=1S/C26H28N2O8S/c1-5-36-21-12-10-20(11-13-21)28(37(31,32)22-14-15-23(33-2)24(16-22)34-3)17-25(29)27-19-8-6-18(7-9-19)26(30)35-4/h6-16H,5,17H2,1-4H3,(H,27,29). The molecule has 0 aliphatic carbocycles. The highest BCUT2D eigenvalue weighted by Crippen LogP contribution is 2.32. The first kappa shape index (κ1) is 27.3. The van der Waals surface area contributed by atoms with E-state index in [1.165, 1.54) is 63.8 Å². The maximum absolute atomic E-state index is 13.7. The molecule has 0 fully saturated rings. The van der Waals surface area contributed by atoms with Crippen molar-refractivity contribution in [2.75, 3.05) is 44.1 Å². The average molecular weight is 529 g/mol. The minimum Gasteiger partial charge on any atom is -0.494 e. The molecule has 3 aromatic rings. The number of nitrogens with one attached hydrogen (secondary N) is 1. The van der Waals surface area contributed by atoms with E-state index in [2.05, 4.69) is 10.1 Å². The monoisotopic (exact) mass is 528 g/mol. The third-order valence-corrected chi connectivity index (χ3v) is 7.03. The molecule has 1 amide bonds. The molecule has 0 atom stereocenters. The Morgan fingerprint density at radius 1 is 0.865 bits per heavy atom. The topological polar surface area (TPSA) is 120 Å². The van der Waals surface area contributed by atoms with E-state index in [1.54, 1.807) is 24.3 Å². The largest absolute Gasteiger partial charge is 0.494 e. The summed E-state index contributed by atoms with van der Waals surface area (Å²) in [5, 5.41) is 2.66. The van der Waals surface area contributed by atoms with E-state index in [9.17, 15) is 18.0 Å². The van der Waals surface area contributed by atoms with Crippen molar-refractivity contribution in [1.82, 2.24) is 0 Å². The number of rotatable bonds is 11. The molecule has 0 saturated carbocycles. The number of sulfonamides is 1. The molecule has 3 rings (SSSR count). The third-order valence-electron chi connectivity index (χ3n) is 5.26. The first-order chi connectivity index (χ1) is 17.7. The highest BCUT2D eigenvalue weighted by Gasteiger charge is 2.28. The van der Waals surface area contributed by atoms with Crippen molar-refractivity contribution in [3.05, 3.63) is 72.3 Å². The second-order valence-corrected chi connectivity index (χ2v) is 9.43. The van der Waals surface area contributed by atoms with E-state index in [0.29, 0.717) is 29.4 Å². The van der Waals surface area contributed by atoms with Gasteiger partial charge in [0.1, 0.15) is 12.3 Å². The quantitative estimate of drug-likeness (QED) is 0.374. The van der Waals surface area contributed by atoms with Crippen LogP contribution in [0.1, 0.15) is 17.3 Å². The van der Waals surface area contributed by atoms with Crippen LogP contribution in [0.2, 0.25) is 0 Å². The molecular weight excluding hydrogens is 500 g/mol. The second-order valence-electron chi connectivity index (χ2n) is 7.57. The number of hydrogen-bond acceptors (Lipinski definition) is 8. The molecule has 11 heteroatoms. The van der Waals surface area contributed by atoms with Gasteiger partial charge in [0.2, 0.25) is 5.91 Å². The third kappa shape index (κ3) is 6.50. The Hall–Kier alpha value is -4.25. The molecule has 0 bridgehead atoms. The van der Waals surface area contributed by atoms with Crippen LogP contribution in [0.5, 0.6) is 17.2 Å². The molecule has 0 aliphatic rings. The van der Waals surface area contributed by atoms with Crippen molar-refractivity contribution < 1.29 is 37.0 Å². The minimum absolute atomic E-state index is 0.0886. The lowest BCUT2D eigenvalue weighted by molar-refractivity contribution is -0.114. The van der Waals surface area contributed by atoms with Crippen molar-refractivity contribution in [3.8, 4) is 17.2 Å². The van der Waals surface area contributed by atoms with Gasteiger partial charge in [0, 0.05) is 11.8 Å². The summed E-state index contributed by atoms with van der Waals surface area (Å²) < 4.78 is 49.0. The summed E-state index contributed by atoms with van der Waals surface area (Å²) in [7, 11) is -0.0954. The zero-order valence-electron chi connectivity index (χ0n) is 20.9. The van der Waals surface area contributed by atoms with E-state index in [-0.39, 0.29) is 16.3 Å². The van der Waals surface area contributed by atoms with Crippen LogP contribution in [0.3, 0.4) is 0 Å². The van der Waals surface area contributed by atoms with Crippen LogP contribution < -0.4 is 23.8 Å². The van der Waals surface area contributed by atoms with E-state index in [0.717, 1.165) is 4.31 Å². The Bertz CT molecular complexity index is 1340. The summed E-state index contributed by atoms with van der Waals surface area (Å²) >= 11 is 0. The molecule has 196 valence electrons. The highest BCUT2D eigenvalue weighted by atomic mass is 32.2. The van der Waals surface area contributed by atoms with Gasteiger partial charge >= 0.3 is 5.97 Å². The molecule has 3 aromatic carbocycles. The number of methoxy groups -OCH3 is 3.